The van der Waals surface area contributed by atoms with E-state index in [1.165, 1.54) is 16.3 Å². The number of ether oxygens (including phenoxy) is 1. The molecule has 8 nitrogen and oxygen atoms in total. The number of rotatable bonds is 8. The smallest absolute Gasteiger partial charge is 0.329 e. The molecule has 0 bridgehead atoms. The number of halogens is 1. The minimum absolute atomic E-state index is 0.0262. The lowest BCUT2D eigenvalue weighted by Gasteiger charge is -2.16. The Morgan fingerprint density at radius 3 is 2.66 bits per heavy atom. The highest BCUT2D eigenvalue weighted by Gasteiger charge is 2.21. The second kappa shape index (κ2) is 9.06. The summed E-state index contributed by atoms with van der Waals surface area (Å²) in [5, 5.41) is 12.0. The zero-order valence-corrected chi connectivity index (χ0v) is 18.0. The van der Waals surface area contributed by atoms with Gasteiger partial charge in [-0.05, 0) is 30.7 Å². The lowest BCUT2D eigenvalue weighted by molar-refractivity contribution is 0.0914. The van der Waals surface area contributed by atoms with E-state index in [1.54, 1.807) is 35.9 Å². The van der Waals surface area contributed by atoms with Gasteiger partial charge in [0.2, 0.25) is 0 Å². The van der Waals surface area contributed by atoms with Crippen molar-refractivity contribution >= 4 is 34.5 Å². The van der Waals surface area contributed by atoms with Crippen molar-refractivity contribution in [3.05, 3.63) is 50.1 Å². The first-order valence-corrected chi connectivity index (χ1v) is 10.5. The molecule has 1 aromatic carbocycles. The number of nitrogens with zero attached hydrogens (tertiary/aromatic N) is 3. The number of aromatic nitrogens is 4. The Bertz CT molecular complexity index is 1110. The number of imidazole rings is 1. The molecule has 10 heteroatoms. The number of benzene rings is 1. The van der Waals surface area contributed by atoms with Crippen LogP contribution in [0.2, 0.25) is 5.02 Å². The van der Waals surface area contributed by atoms with Crippen LogP contribution < -0.4 is 16.0 Å². The molecule has 0 saturated carbocycles. The third kappa shape index (κ3) is 4.85. The molecule has 2 N–H and O–H groups in total. The number of H-pyrrole nitrogens is 1. The van der Waals surface area contributed by atoms with Crippen LogP contribution in [0.3, 0.4) is 0 Å². The van der Waals surface area contributed by atoms with Crippen LogP contribution >= 0.6 is 23.4 Å². The molecule has 156 valence electrons. The number of fused-ring (bicyclic) bond motifs is 1. The van der Waals surface area contributed by atoms with Gasteiger partial charge in [-0.15, -0.1) is 0 Å². The lowest BCUT2D eigenvalue weighted by Crippen LogP contribution is -2.30. The van der Waals surface area contributed by atoms with Gasteiger partial charge in [0.15, 0.2) is 16.3 Å². The molecule has 0 radical (unpaired) electrons. The largest absolute Gasteiger partial charge is 0.491 e. The number of aliphatic hydroxyl groups excluding tert-OH is 1. The summed E-state index contributed by atoms with van der Waals surface area (Å²) in [6.07, 6.45) is 0.0155. The van der Waals surface area contributed by atoms with Crippen molar-refractivity contribution in [1.29, 1.82) is 0 Å². The van der Waals surface area contributed by atoms with Crippen molar-refractivity contribution < 1.29 is 9.84 Å². The number of hydrogen-bond donors (Lipinski definition) is 2. The Balaban J connectivity index is 1.90. The Hall–Kier alpha value is -2.23. The van der Waals surface area contributed by atoms with Gasteiger partial charge in [-0.2, -0.15) is 0 Å². The average molecular weight is 439 g/mol. The fraction of sp³-hybridized carbons (Fsp3) is 0.421. The summed E-state index contributed by atoms with van der Waals surface area (Å²) in [5.74, 6) is 0.582. The number of aryl methyl sites for hydroxylation is 1. The molecule has 0 aliphatic rings. The first-order chi connectivity index (χ1) is 13.8. The molecule has 2 atom stereocenters. The minimum atomic E-state index is -0.893. The summed E-state index contributed by atoms with van der Waals surface area (Å²) in [6.45, 7) is 4.24. The topological polar surface area (TPSA) is 102 Å². The van der Waals surface area contributed by atoms with Gasteiger partial charge >= 0.3 is 5.69 Å². The standard InChI is InChI=1S/C19H23ClN4O4S/c1-4-11(2)29-19-21-16-15(17(26)22-18(27)23(16)3)24(19)9-13(25)10-28-14-7-5-12(20)6-8-14/h5-8,11,13,25H,4,9-10H2,1-3H3,(H,22,26,27). The van der Waals surface area contributed by atoms with Gasteiger partial charge in [0.05, 0.1) is 6.54 Å². The normalized spacial score (nSPS) is 13.6. The lowest BCUT2D eigenvalue weighted by atomic mass is 10.3. The van der Waals surface area contributed by atoms with E-state index in [0.29, 0.717) is 15.9 Å². The summed E-state index contributed by atoms with van der Waals surface area (Å²) in [6, 6.07) is 6.83. The molecule has 29 heavy (non-hydrogen) atoms. The molecule has 3 aromatic rings. The zero-order chi connectivity index (χ0) is 21.1. The summed E-state index contributed by atoms with van der Waals surface area (Å²) in [5.41, 5.74) is -0.518. The number of hydrogen-bond acceptors (Lipinski definition) is 6. The average Bonchev–Trinajstić information content (AvgIpc) is 3.04. The fourth-order valence-corrected chi connectivity index (χ4v) is 3.81. The van der Waals surface area contributed by atoms with Gasteiger partial charge in [0.1, 0.15) is 18.5 Å². The summed E-state index contributed by atoms with van der Waals surface area (Å²) in [4.78, 5) is 31.2. The van der Waals surface area contributed by atoms with E-state index in [2.05, 4.69) is 23.8 Å². The zero-order valence-electron chi connectivity index (χ0n) is 16.4. The first-order valence-electron chi connectivity index (χ1n) is 9.22. The third-order valence-corrected chi connectivity index (χ3v) is 6.01. The molecule has 0 spiro atoms. The molecule has 0 saturated heterocycles. The van der Waals surface area contributed by atoms with E-state index in [9.17, 15) is 14.7 Å². The number of aliphatic hydroxyl groups is 1. The number of aromatic amines is 1. The van der Waals surface area contributed by atoms with Crippen molar-refractivity contribution in [3.63, 3.8) is 0 Å². The number of thioether (sulfide) groups is 1. The Morgan fingerprint density at radius 2 is 2.00 bits per heavy atom. The van der Waals surface area contributed by atoms with E-state index < -0.39 is 17.4 Å². The van der Waals surface area contributed by atoms with Crippen LogP contribution in [0.25, 0.3) is 11.2 Å². The molecule has 3 rings (SSSR count). The quantitative estimate of drug-likeness (QED) is 0.523. The molecule has 2 heterocycles. The van der Waals surface area contributed by atoms with Gasteiger partial charge in [0, 0.05) is 17.3 Å². The van der Waals surface area contributed by atoms with Crippen LogP contribution in [0.4, 0.5) is 0 Å². The molecular weight excluding hydrogens is 416 g/mol. The monoisotopic (exact) mass is 438 g/mol. The SMILES string of the molecule is CCC(C)Sc1nc2c(c(=O)[nH]c(=O)n2C)n1CC(O)COc1ccc(Cl)cc1. The van der Waals surface area contributed by atoms with Gasteiger partial charge in [0.25, 0.3) is 5.56 Å². The molecule has 0 fully saturated rings. The van der Waals surface area contributed by atoms with E-state index in [1.807, 2.05) is 0 Å². The van der Waals surface area contributed by atoms with Gasteiger partial charge in [-0.25, -0.2) is 9.78 Å². The highest BCUT2D eigenvalue weighted by molar-refractivity contribution is 7.99. The van der Waals surface area contributed by atoms with Crippen LogP contribution in [0, 0.1) is 0 Å². The van der Waals surface area contributed by atoms with Crippen LogP contribution in [-0.4, -0.2) is 42.2 Å². The van der Waals surface area contributed by atoms with Crippen molar-refractivity contribution in [2.24, 2.45) is 7.05 Å². The van der Waals surface area contributed by atoms with Crippen molar-refractivity contribution in [1.82, 2.24) is 19.1 Å². The van der Waals surface area contributed by atoms with Crippen molar-refractivity contribution in [3.8, 4) is 5.75 Å². The fourth-order valence-electron chi connectivity index (χ4n) is 2.72. The van der Waals surface area contributed by atoms with Gasteiger partial charge < -0.3 is 14.4 Å². The Labute approximate surface area is 176 Å². The van der Waals surface area contributed by atoms with Crippen molar-refractivity contribution in [2.45, 2.75) is 43.3 Å². The maximum absolute atomic E-state index is 12.5. The van der Waals surface area contributed by atoms with Crippen LogP contribution in [-0.2, 0) is 13.6 Å². The molecular formula is C19H23ClN4O4S. The minimum Gasteiger partial charge on any atom is -0.491 e. The van der Waals surface area contributed by atoms with Crippen LogP contribution in [0.5, 0.6) is 5.75 Å². The van der Waals surface area contributed by atoms with E-state index in [0.717, 1.165) is 6.42 Å². The summed E-state index contributed by atoms with van der Waals surface area (Å²) < 4.78 is 8.56. The number of nitrogens with one attached hydrogen (secondary N) is 1. The predicted octanol–water partition coefficient (Wildman–Crippen LogP) is 2.41. The molecule has 0 aliphatic carbocycles. The van der Waals surface area contributed by atoms with E-state index >= 15 is 0 Å². The molecule has 0 aliphatic heterocycles. The highest BCUT2D eigenvalue weighted by atomic mass is 35.5. The molecule has 2 unspecified atom stereocenters. The summed E-state index contributed by atoms with van der Waals surface area (Å²) >= 11 is 7.35. The first kappa shape index (κ1) is 21.5. The second-order valence-corrected chi connectivity index (χ2v) is 8.59. The summed E-state index contributed by atoms with van der Waals surface area (Å²) in [7, 11) is 1.55. The Morgan fingerprint density at radius 1 is 1.31 bits per heavy atom. The Kier molecular flexibility index (Phi) is 6.71. The second-order valence-electron chi connectivity index (χ2n) is 6.75. The predicted molar refractivity (Wildman–Crippen MR) is 114 cm³/mol. The third-order valence-electron chi connectivity index (χ3n) is 4.50. The van der Waals surface area contributed by atoms with Gasteiger partial charge in [-0.1, -0.05) is 37.2 Å². The van der Waals surface area contributed by atoms with Gasteiger partial charge in [-0.3, -0.25) is 14.3 Å². The molecule has 0 amide bonds. The maximum Gasteiger partial charge on any atom is 0.329 e. The maximum atomic E-state index is 12.5. The van der Waals surface area contributed by atoms with E-state index in [-0.39, 0.29) is 29.6 Å². The van der Waals surface area contributed by atoms with Crippen molar-refractivity contribution in [2.75, 3.05) is 6.61 Å². The van der Waals surface area contributed by atoms with E-state index in [4.69, 9.17) is 16.3 Å². The molecule has 2 aromatic heterocycles. The van der Waals surface area contributed by atoms with Crippen LogP contribution in [0.15, 0.2) is 39.0 Å². The van der Waals surface area contributed by atoms with Crippen LogP contribution in [0.1, 0.15) is 20.3 Å². The highest BCUT2D eigenvalue weighted by Crippen LogP contribution is 2.27.